The molecule has 132 valence electrons. The quantitative estimate of drug-likeness (QED) is 0.430. The Hall–Kier alpha value is -2.77. The molecule has 1 rings (SSSR count). The van der Waals surface area contributed by atoms with Crippen LogP contribution in [-0.4, -0.2) is 41.8 Å². The highest BCUT2D eigenvalue weighted by atomic mass is 16.6. The smallest absolute Gasteiger partial charge is 0.408 e. The first-order valence-corrected chi connectivity index (χ1v) is 7.30. The van der Waals surface area contributed by atoms with Crippen LogP contribution in [-0.2, 0) is 14.3 Å². The van der Waals surface area contributed by atoms with Crippen molar-refractivity contribution in [1.29, 1.82) is 0 Å². The standard InChI is InChI=1S/C16H23N3O5/c1-16(2,3)24-15(22)19-12(9-13(20)21)14(23-4)18-11-8-6-5-7-10(11)17/h5-8,12H,9,17H2,1-4H3,(H,19,22)(H,20,21)/t12-/m0/s1. The van der Waals surface area contributed by atoms with Crippen LogP contribution < -0.4 is 11.1 Å². The minimum atomic E-state index is -1.12. The number of nitrogens with one attached hydrogen (secondary N) is 1. The van der Waals surface area contributed by atoms with Crippen LogP contribution in [0.2, 0.25) is 0 Å². The van der Waals surface area contributed by atoms with E-state index in [9.17, 15) is 9.59 Å². The largest absolute Gasteiger partial charge is 0.483 e. The molecule has 0 aliphatic heterocycles. The third-order valence-electron chi connectivity index (χ3n) is 2.74. The number of carboxylic acid groups (broad SMARTS) is 1. The third kappa shape index (κ3) is 6.55. The summed E-state index contributed by atoms with van der Waals surface area (Å²) in [6.07, 6.45) is -1.18. The molecule has 0 radical (unpaired) electrons. The van der Waals surface area contributed by atoms with Crippen molar-refractivity contribution in [2.45, 2.75) is 38.8 Å². The average molecular weight is 337 g/mol. The first-order chi connectivity index (χ1) is 11.1. The van der Waals surface area contributed by atoms with E-state index < -0.39 is 30.1 Å². The topological polar surface area (TPSA) is 123 Å². The number of methoxy groups -OCH3 is 1. The zero-order valence-electron chi connectivity index (χ0n) is 14.2. The van der Waals surface area contributed by atoms with E-state index in [2.05, 4.69) is 10.3 Å². The summed E-state index contributed by atoms with van der Waals surface area (Å²) < 4.78 is 10.3. The molecule has 1 aromatic carbocycles. The first-order valence-electron chi connectivity index (χ1n) is 7.30. The fourth-order valence-corrected chi connectivity index (χ4v) is 1.80. The number of hydrogen-bond acceptors (Lipinski definition) is 6. The monoisotopic (exact) mass is 337 g/mol. The number of benzene rings is 1. The van der Waals surface area contributed by atoms with Crippen LogP contribution in [0, 0.1) is 0 Å². The highest BCUT2D eigenvalue weighted by Crippen LogP contribution is 2.21. The van der Waals surface area contributed by atoms with E-state index in [1.165, 1.54) is 7.11 Å². The second-order valence-electron chi connectivity index (χ2n) is 6.01. The number of amides is 1. The molecule has 8 heteroatoms. The van der Waals surface area contributed by atoms with Gasteiger partial charge in [0.25, 0.3) is 0 Å². The maximum absolute atomic E-state index is 11.9. The van der Waals surface area contributed by atoms with Crippen LogP contribution in [0.4, 0.5) is 16.2 Å². The van der Waals surface area contributed by atoms with E-state index >= 15 is 0 Å². The van der Waals surface area contributed by atoms with Gasteiger partial charge >= 0.3 is 12.1 Å². The molecule has 1 amide bonds. The number of para-hydroxylation sites is 2. The van der Waals surface area contributed by atoms with E-state index in [0.29, 0.717) is 11.4 Å². The predicted octanol–water partition coefficient (Wildman–Crippen LogP) is 2.31. The lowest BCUT2D eigenvalue weighted by atomic mass is 10.2. The van der Waals surface area contributed by atoms with Crippen molar-refractivity contribution < 1.29 is 24.2 Å². The van der Waals surface area contributed by atoms with Crippen LogP contribution in [0.3, 0.4) is 0 Å². The Morgan fingerprint density at radius 2 is 1.96 bits per heavy atom. The van der Waals surface area contributed by atoms with Gasteiger partial charge in [-0.05, 0) is 32.9 Å². The van der Waals surface area contributed by atoms with Gasteiger partial charge in [-0.15, -0.1) is 0 Å². The maximum Gasteiger partial charge on any atom is 0.408 e. The number of nitrogens with two attached hydrogens (primary N) is 1. The number of alkyl carbamates (subject to hydrolysis) is 1. The molecule has 1 aromatic rings. The van der Waals surface area contributed by atoms with Crippen LogP contribution in [0.5, 0.6) is 0 Å². The van der Waals surface area contributed by atoms with Crippen molar-refractivity contribution in [2.24, 2.45) is 4.99 Å². The predicted molar refractivity (Wildman–Crippen MR) is 90.4 cm³/mol. The molecule has 0 aliphatic carbocycles. The fourth-order valence-electron chi connectivity index (χ4n) is 1.80. The molecule has 1 atom stereocenters. The SMILES string of the molecule is COC(=Nc1ccccc1N)[C@H](CC(=O)O)NC(=O)OC(C)(C)C. The van der Waals surface area contributed by atoms with Gasteiger partial charge in [-0.1, -0.05) is 12.1 Å². The molecule has 0 bridgehead atoms. The van der Waals surface area contributed by atoms with Crippen molar-refractivity contribution in [3.05, 3.63) is 24.3 Å². The number of carbonyl (C=O) groups excluding carboxylic acids is 1. The Labute approximate surface area is 140 Å². The number of nitrogen functional groups attached to an aromatic ring is 1. The number of nitrogens with zero attached hydrogens (tertiary/aromatic N) is 1. The van der Waals surface area contributed by atoms with E-state index in [1.54, 1.807) is 45.0 Å². The molecule has 0 heterocycles. The number of carbonyl (C=O) groups is 2. The van der Waals surface area contributed by atoms with Gasteiger partial charge in [0.2, 0.25) is 5.90 Å². The van der Waals surface area contributed by atoms with Crippen LogP contribution in [0.25, 0.3) is 0 Å². The Balaban J connectivity index is 3.05. The number of aliphatic carboxylic acids is 1. The number of anilines is 1. The summed E-state index contributed by atoms with van der Waals surface area (Å²) in [5, 5.41) is 11.5. The van der Waals surface area contributed by atoms with Crippen molar-refractivity contribution >= 4 is 29.3 Å². The third-order valence-corrected chi connectivity index (χ3v) is 2.74. The summed E-state index contributed by atoms with van der Waals surface area (Å²) in [4.78, 5) is 27.2. The van der Waals surface area contributed by atoms with Crippen molar-refractivity contribution in [3.63, 3.8) is 0 Å². The molecule has 0 spiro atoms. The lowest BCUT2D eigenvalue weighted by molar-refractivity contribution is -0.137. The van der Waals surface area contributed by atoms with Gasteiger partial charge in [0.15, 0.2) is 0 Å². The lowest BCUT2D eigenvalue weighted by Crippen LogP contribution is -2.45. The number of hydrogen-bond donors (Lipinski definition) is 3. The zero-order valence-corrected chi connectivity index (χ0v) is 14.2. The highest BCUT2D eigenvalue weighted by molar-refractivity contribution is 5.91. The fraction of sp³-hybridized carbons (Fsp3) is 0.438. The average Bonchev–Trinajstić information content (AvgIpc) is 2.43. The van der Waals surface area contributed by atoms with Gasteiger partial charge in [0, 0.05) is 0 Å². The number of carboxylic acids is 1. The van der Waals surface area contributed by atoms with Crippen molar-refractivity contribution in [1.82, 2.24) is 5.32 Å². The summed E-state index contributed by atoms with van der Waals surface area (Å²) in [6.45, 7) is 5.11. The lowest BCUT2D eigenvalue weighted by Gasteiger charge is -2.23. The maximum atomic E-state index is 11.9. The minimum absolute atomic E-state index is 0.0150. The van der Waals surface area contributed by atoms with Gasteiger partial charge in [-0.25, -0.2) is 9.79 Å². The summed E-state index contributed by atoms with van der Waals surface area (Å²) >= 11 is 0. The van der Waals surface area contributed by atoms with Gasteiger partial charge < -0.3 is 25.6 Å². The van der Waals surface area contributed by atoms with Crippen LogP contribution in [0.1, 0.15) is 27.2 Å². The zero-order chi connectivity index (χ0) is 18.3. The van der Waals surface area contributed by atoms with Crippen LogP contribution >= 0.6 is 0 Å². The van der Waals surface area contributed by atoms with Gasteiger partial charge in [-0.3, -0.25) is 4.79 Å². The molecule has 4 N–H and O–H groups in total. The van der Waals surface area contributed by atoms with Crippen LogP contribution in [0.15, 0.2) is 29.3 Å². The first kappa shape index (κ1) is 19.3. The van der Waals surface area contributed by atoms with E-state index in [-0.39, 0.29) is 5.90 Å². The highest BCUT2D eigenvalue weighted by Gasteiger charge is 2.26. The van der Waals surface area contributed by atoms with Gasteiger partial charge in [-0.2, -0.15) is 0 Å². The van der Waals surface area contributed by atoms with Crippen molar-refractivity contribution in [2.75, 3.05) is 12.8 Å². The molecule has 0 saturated carbocycles. The number of aliphatic imine (C=N–C) groups is 1. The Morgan fingerprint density at radius 1 is 1.33 bits per heavy atom. The molecule has 0 aromatic heterocycles. The molecule has 0 fully saturated rings. The van der Waals surface area contributed by atoms with Gasteiger partial charge in [0.05, 0.1) is 24.9 Å². The summed E-state index contributed by atoms with van der Waals surface area (Å²) in [6, 6.07) is 5.78. The summed E-state index contributed by atoms with van der Waals surface area (Å²) in [5.41, 5.74) is 5.92. The minimum Gasteiger partial charge on any atom is -0.483 e. The number of ether oxygens (including phenoxy) is 2. The normalized spacial score (nSPS) is 13.1. The Bertz CT molecular complexity index is 622. The van der Waals surface area contributed by atoms with E-state index in [0.717, 1.165) is 0 Å². The Morgan fingerprint density at radius 3 is 2.46 bits per heavy atom. The second kappa shape index (κ2) is 8.19. The van der Waals surface area contributed by atoms with E-state index in [4.69, 9.17) is 20.3 Å². The summed E-state index contributed by atoms with van der Waals surface area (Å²) in [5.74, 6) is -1.11. The van der Waals surface area contributed by atoms with E-state index in [1.807, 2.05) is 0 Å². The number of rotatable bonds is 5. The molecule has 0 aliphatic rings. The molecular formula is C16H23N3O5. The molecular weight excluding hydrogens is 314 g/mol. The molecule has 0 saturated heterocycles. The summed E-state index contributed by atoms with van der Waals surface area (Å²) in [7, 11) is 1.34. The Kier molecular flexibility index (Phi) is 6.58. The van der Waals surface area contributed by atoms with Crippen molar-refractivity contribution in [3.8, 4) is 0 Å². The molecule has 0 unspecified atom stereocenters. The molecule has 24 heavy (non-hydrogen) atoms. The second-order valence-corrected chi connectivity index (χ2v) is 6.01. The van der Waals surface area contributed by atoms with Gasteiger partial charge in [0.1, 0.15) is 11.6 Å². The molecule has 8 nitrogen and oxygen atoms in total.